The molecule has 0 aliphatic heterocycles. The molecule has 0 aliphatic carbocycles. The Hall–Kier alpha value is -3.02. The van der Waals surface area contributed by atoms with Crippen molar-refractivity contribution in [1.82, 2.24) is 4.90 Å². The second-order valence-corrected chi connectivity index (χ2v) is 5.02. The molecular weight excluding hydrogens is 288 g/mol. The molecule has 3 N–H and O–H groups in total. The van der Waals surface area contributed by atoms with Crippen molar-refractivity contribution in [3.63, 3.8) is 0 Å². The molecule has 118 valence electrons. The molecule has 0 heterocycles. The van der Waals surface area contributed by atoms with Crippen molar-refractivity contribution in [2.24, 2.45) is 5.73 Å². The number of aliphatic hydroxyl groups excluding tert-OH is 1. The Morgan fingerprint density at radius 1 is 1.35 bits per heavy atom. The molecule has 0 amide bonds. The molecular formula is C18H20N4O. The summed E-state index contributed by atoms with van der Waals surface area (Å²) in [6.45, 7) is 5.98. The van der Waals surface area contributed by atoms with Crippen LogP contribution in [0.2, 0.25) is 0 Å². The molecule has 0 unspecified atom stereocenters. The molecule has 0 aliphatic rings. The molecule has 5 heteroatoms. The van der Waals surface area contributed by atoms with Crippen LogP contribution >= 0.6 is 0 Å². The van der Waals surface area contributed by atoms with Crippen molar-refractivity contribution in [1.29, 1.82) is 10.5 Å². The van der Waals surface area contributed by atoms with Gasteiger partial charge in [-0.3, -0.25) is 0 Å². The van der Waals surface area contributed by atoms with Gasteiger partial charge in [0.2, 0.25) is 0 Å². The minimum absolute atomic E-state index is 0.0907. The van der Waals surface area contributed by atoms with Gasteiger partial charge in [-0.2, -0.15) is 10.5 Å². The minimum atomic E-state index is -0.0907. The fourth-order valence-electron chi connectivity index (χ4n) is 1.97. The summed E-state index contributed by atoms with van der Waals surface area (Å²) in [5.41, 5.74) is 8.51. The number of likely N-dealkylation sites (N-methyl/N-ethyl adjacent to an activating group) is 1. The first-order chi connectivity index (χ1) is 11.0. The molecule has 0 bridgehead atoms. The van der Waals surface area contributed by atoms with Crippen molar-refractivity contribution < 1.29 is 5.11 Å². The van der Waals surface area contributed by atoms with Crippen molar-refractivity contribution in [2.45, 2.75) is 6.92 Å². The van der Waals surface area contributed by atoms with Gasteiger partial charge in [-0.05, 0) is 24.1 Å². The summed E-state index contributed by atoms with van der Waals surface area (Å²) < 4.78 is 0. The zero-order valence-corrected chi connectivity index (χ0v) is 13.4. The molecule has 0 saturated carbocycles. The second-order valence-electron chi connectivity index (χ2n) is 5.02. The van der Waals surface area contributed by atoms with Gasteiger partial charge in [-0.25, -0.2) is 0 Å². The molecule has 0 atom stereocenters. The van der Waals surface area contributed by atoms with E-state index in [0.717, 1.165) is 11.1 Å². The van der Waals surface area contributed by atoms with Gasteiger partial charge in [0.1, 0.15) is 11.9 Å². The quantitative estimate of drug-likeness (QED) is 0.619. The average Bonchev–Trinajstić information content (AvgIpc) is 2.54. The zero-order valence-electron chi connectivity index (χ0n) is 13.4. The third-order valence-electron chi connectivity index (χ3n) is 3.45. The average molecular weight is 308 g/mol. The summed E-state index contributed by atoms with van der Waals surface area (Å²) in [6.07, 6.45) is 1.69. The van der Waals surface area contributed by atoms with E-state index >= 15 is 0 Å². The lowest BCUT2D eigenvalue weighted by Crippen LogP contribution is -2.28. The van der Waals surface area contributed by atoms with Gasteiger partial charge in [0.15, 0.2) is 0 Å². The van der Waals surface area contributed by atoms with E-state index in [1.54, 1.807) is 18.0 Å². The highest BCUT2D eigenvalue weighted by atomic mass is 16.3. The predicted molar refractivity (Wildman–Crippen MR) is 90.5 cm³/mol. The first kappa shape index (κ1) is 18.0. The molecule has 1 aromatic rings. The van der Waals surface area contributed by atoms with Crippen LogP contribution in [-0.2, 0) is 0 Å². The first-order valence-electron chi connectivity index (χ1n) is 7.05. The fourth-order valence-corrected chi connectivity index (χ4v) is 1.97. The Bertz CT molecular complexity index is 732. The number of nitrogens with two attached hydrogens (primary N) is 1. The monoisotopic (exact) mass is 308 g/mol. The molecule has 0 fully saturated rings. The van der Waals surface area contributed by atoms with Crippen molar-refractivity contribution in [3.8, 4) is 12.1 Å². The van der Waals surface area contributed by atoms with Crippen molar-refractivity contribution in [3.05, 3.63) is 64.5 Å². The number of allylic oxidation sites excluding steroid dienone is 3. The SMILES string of the molecule is C=C(/C(C#N)=C/c1ccccc1C)/C(C#N)=C(/N)N(C)CCO. The summed E-state index contributed by atoms with van der Waals surface area (Å²) in [6, 6.07) is 11.7. The van der Waals surface area contributed by atoms with Crippen LogP contribution in [0.15, 0.2) is 53.4 Å². The van der Waals surface area contributed by atoms with Crippen LogP contribution in [0.1, 0.15) is 11.1 Å². The van der Waals surface area contributed by atoms with Crippen LogP contribution < -0.4 is 5.73 Å². The van der Waals surface area contributed by atoms with Gasteiger partial charge in [-0.15, -0.1) is 0 Å². The number of benzene rings is 1. The summed E-state index contributed by atoms with van der Waals surface area (Å²) in [4.78, 5) is 1.55. The zero-order chi connectivity index (χ0) is 17.4. The Kier molecular flexibility index (Phi) is 6.61. The van der Waals surface area contributed by atoms with Crippen LogP contribution in [-0.4, -0.2) is 30.2 Å². The van der Waals surface area contributed by atoms with E-state index in [4.69, 9.17) is 10.8 Å². The standard InChI is InChI=1S/C18H20N4O/c1-13-6-4-5-7-15(13)10-16(11-19)14(2)17(12-20)18(21)22(3)8-9-23/h4-7,10,23H,2,8-9,21H2,1,3H3/b16-10+,18-17-. The Morgan fingerprint density at radius 2 is 2.00 bits per heavy atom. The summed E-state index contributed by atoms with van der Waals surface area (Å²) in [5, 5.41) is 27.8. The van der Waals surface area contributed by atoms with Crippen molar-refractivity contribution in [2.75, 3.05) is 20.2 Å². The lowest BCUT2D eigenvalue weighted by Gasteiger charge is -2.20. The molecule has 5 nitrogen and oxygen atoms in total. The van der Waals surface area contributed by atoms with E-state index in [-0.39, 0.29) is 35.7 Å². The molecule has 0 radical (unpaired) electrons. The van der Waals surface area contributed by atoms with Gasteiger partial charge >= 0.3 is 0 Å². The van der Waals surface area contributed by atoms with Gasteiger partial charge in [0.25, 0.3) is 0 Å². The van der Waals surface area contributed by atoms with E-state index < -0.39 is 0 Å². The molecule has 1 rings (SSSR count). The maximum atomic E-state index is 9.41. The molecule has 0 aromatic heterocycles. The Morgan fingerprint density at radius 3 is 2.52 bits per heavy atom. The van der Waals surface area contributed by atoms with Crippen LogP contribution in [0.4, 0.5) is 0 Å². The van der Waals surface area contributed by atoms with E-state index in [9.17, 15) is 10.5 Å². The topological polar surface area (TPSA) is 97.1 Å². The van der Waals surface area contributed by atoms with Gasteiger partial charge in [0, 0.05) is 19.2 Å². The lowest BCUT2D eigenvalue weighted by molar-refractivity contribution is 0.244. The van der Waals surface area contributed by atoms with Crippen LogP contribution in [0.3, 0.4) is 0 Å². The summed E-state index contributed by atoms with van der Waals surface area (Å²) in [7, 11) is 1.66. The van der Waals surface area contributed by atoms with Crippen LogP contribution in [0, 0.1) is 29.6 Å². The number of rotatable bonds is 6. The van der Waals surface area contributed by atoms with E-state index in [1.807, 2.05) is 37.3 Å². The first-order valence-corrected chi connectivity index (χ1v) is 7.05. The lowest BCUT2D eigenvalue weighted by atomic mass is 9.97. The highest BCUT2D eigenvalue weighted by Crippen LogP contribution is 2.22. The smallest absolute Gasteiger partial charge is 0.117 e. The summed E-state index contributed by atoms with van der Waals surface area (Å²) >= 11 is 0. The van der Waals surface area contributed by atoms with Gasteiger partial charge in [0.05, 0.1) is 23.8 Å². The third-order valence-corrected chi connectivity index (χ3v) is 3.45. The predicted octanol–water partition coefficient (Wildman–Crippen LogP) is 2.08. The maximum Gasteiger partial charge on any atom is 0.117 e. The highest BCUT2D eigenvalue weighted by Gasteiger charge is 2.15. The Balaban J connectivity index is 3.28. The van der Waals surface area contributed by atoms with Crippen molar-refractivity contribution >= 4 is 6.08 Å². The van der Waals surface area contributed by atoms with E-state index in [1.165, 1.54) is 0 Å². The number of nitrogens with zero attached hydrogens (tertiary/aromatic N) is 3. The molecule has 0 spiro atoms. The third kappa shape index (κ3) is 4.47. The van der Waals surface area contributed by atoms with Gasteiger partial charge in [-0.1, -0.05) is 30.8 Å². The van der Waals surface area contributed by atoms with Gasteiger partial charge < -0.3 is 15.7 Å². The fraction of sp³-hybridized carbons (Fsp3) is 0.222. The molecule has 0 saturated heterocycles. The number of aryl methyl sites for hydroxylation is 1. The highest BCUT2D eigenvalue weighted by molar-refractivity contribution is 5.70. The number of aliphatic hydroxyl groups is 1. The van der Waals surface area contributed by atoms with E-state index in [2.05, 4.69) is 12.6 Å². The molecule has 1 aromatic carbocycles. The Labute approximate surface area is 136 Å². The normalized spacial score (nSPS) is 12.0. The number of hydrogen-bond donors (Lipinski definition) is 2. The largest absolute Gasteiger partial charge is 0.395 e. The number of nitriles is 2. The summed E-state index contributed by atoms with van der Waals surface area (Å²) in [5.74, 6) is 0.178. The van der Waals surface area contributed by atoms with Crippen LogP contribution in [0.5, 0.6) is 0 Å². The second kappa shape index (κ2) is 8.43. The molecule has 23 heavy (non-hydrogen) atoms. The van der Waals surface area contributed by atoms with E-state index in [0.29, 0.717) is 0 Å². The minimum Gasteiger partial charge on any atom is -0.395 e. The maximum absolute atomic E-state index is 9.41. The van der Waals surface area contributed by atoms with Crippen LogP contribution in [0.25, 0.3) is 6.08 Å². The number of hydrogen-bond acceptors (Lipinski definition) is 5.